The lowest BCUT2D eigenvalue weighted by atomic mass is 9.95. The molecular weight excluding hydrogens is 433 g/mol. The summed E-state index contributed by atoms with van der Waals surface area (Å²) in [5, 5.41) is 2.82. The standard InChI is InChI=1S/C19H33N5O4.2ClH/c20-3-4-21-18(26)15-2-1-5-24(13-15)19(27)16-12-17(25)23(14-16)7-6-22-8-10-28-11-9-22;;/h15-16H,1-14,20H2,(H,21,26);2*1H. The first-order chi connectivity index (χ1) is 13.6. The number of hydrogen-bond donors (Lipinski definition) is 2. The van der Waals surface area contributed by atoms with Crippen molar-refractivity contribution in [2.24, 2.45) is 17.6 Å². The third-order valence-electron chi connectivity index (χ3n) is 5.90. The van der Waals surface area contributed by atoms with Crippen molar-refractivity contribution in [2.45, 2.75) is 19.3 Å². The number of amides is 3. The zero-order valence-electron chi connectivity index (χ0n) is 17.4. The van der Waals surface area contributed by atoms with Gasteiger partial charge in [0.2, 0.25) is 17.7 Å². The lowest BCUT2D eigenvalue weighted by molar-refractivity contribution is -0.139. The van der Waals surface area contributed by atoms with Gasteiger partial charge in [-0.25, -0.2) is 0 Å². The second kappa shape index (κ2) is 13.3. The lowest BCUT2D eigenvalue weighted by Gasteiger charge is -2.33. The van der Waals surface area contributed by atoms with E-state index in [1.54, 1.807) is 4.90 Å². The molecule has 0 radical (unpaired) electrons. The summed E-state index contributed by atoms with van der Waals surface area (Å²) < 4.78 is 5.35. The summed E-state index contributed by atoms with van der Waals surface area (Å²) in [6, 6.07) is 0. The number of piperidine rings is 1. The SMILES string of the molecule is Cl.Cl.NCCNC(=O)C1CCCN(C(=O)C2CC(=O)N(CCN3CCOCC3)C2)C1. The first-order valence-electron chi connectivity index (χ1n) is 10.4. The molecule has 3 heterocycles. The molecule has 0 aromatic heterocycles. The van der Waals surface area contributed by atoms with Gasteiger partial charge in [-0.05, 0) is 12.8 Å². The van der Waals surface area contributed by atoms with Gasteiger partial charge in [-0.15, -0.1) is 24.8 Å². The van der Waals surface area contributed by atoms with Gasteiger partial charge >= 0.3 is 0 Å². The number of hydrogen-bond acceptors (Lipinski definition) is 6. The van der Waals surface area contributed by atoms with E-state index in [2.05, 4.69) is 10.2 Å². The Bertz CT molecular complexity index is 577. The monoisotopic (exact) mass is 467 g/mol. The van der Waals surface area contributed by atoms with Gasteiger partial charge in [0.15, 0.2) is 0 Å². The van der Waals surface area contributed by atoms with Crippen molar-refractivity contribution < 1.29 is 19.1 Å². The molecule has 0 aliphatic carbocycles. The highest BCUT2D eigenvalue weighted by atomic mass is 35.5. The quantitative estimate of drug-likeness (QED) is 0.513. The van der Waals surface area contributed by atoms with Gasteiger partial charge in [0.25, 0.3) is 0 Å². The van der Waals surface area contributed by atoms with Crippen molar-refractivity contribution in [1.82, 2.24) is 20.0 Å². The maximum absolute atomic E-state index is 12.9. The molecule has 2 atom stereocenters. The second-order valence-electron chi connectivity index (χ2n) is 7.90. The van der Waals surface area contributed by atoms with Crippen molar-refractivity contribution >= 4 is 42.5 Å². The van der Waals surface area contributed by atoms with E-state index in [1.807, 2.05) is 4.90 Å². The highest BCUT2D eigenvalue weighted by molar-refractivity contribution is 5.90. The smallest absolute Gasteiger partial charge is 0.228 e. The Labute approximate surface area is 190 Å². The topological polar surface area (TPSA) is 108 Å². The molecule has 3 aliphatic rings. The molecule has 3 amide bonds. The van der Waals surface area contributed by atoms with Crippen molar-refractivity contribution in [1.29, 1.82) is 0 Å². The molecule has 9 nitrogen and oxygen atoms in total. The maximum Gasteiger partial charge on any atom is 0.228 e. The van der Waals surface area contributed by atoms with E-state index in [1.165, 1.54) is 0 Å². The van der Waals surface area contributed by atoms with Crippen LogP contribution in [0.25, 0.3) is 0 Å². The largest absolute Gasteiger partial charge is 0.379 e. The Morgan fingerprint density at radius 3 is 2.50 bits per heavy atom. The zero-order chi connectivity index (χ0) is 19.9. The van der Waals surface area contributed by atoms with Crippen LogP contribution in [0.3, 0.4) is 0 Å². The number of carbonyl (C=O) groups excluding carboxylic acids is 3. The first kappa shape index (κ1) is 26.9. The number of ether oxygens (including phenoxy) is 1. The predicted octanol–water partition coefficient (Wildman–Crippen LogP) is -0.676. The number of nitrogens with two attached hydrogens (primary N) is 1. The molecule has 3 N–H and O–H groups in total. The number of nitrogens with zero attached hydrogens (tertiary/aromatic N) is 3. The molecule has 2 unspecified atom stereocenters. The predicted molar refractivity (Wildman–Crippen MR) is 118 cm³/mol. The van der Waals surface area contributed by atoms with Crippen molar-refractivity contribution in [3.8, 4) is 0 Å². The maximum atomic E-state index is 12.9. The van der Waals surface area contributed by atoms with Gasteiger partial charge in [0.05, 0.1) is 25.0 Å². The van der Waals surface area contributed by atoms with Crippen LogP contribution in [0.4, 0.5) is 0 Å². The summed E-state index contributed by atoms with van der Waals surface area (Å²) in [4.78, 5) is 43.4. The van der Waals surface area contributed by atoms with Gasteiger partial charge < -0.3 is 25.6 Å². The number of rotatable bonds is 7. The summed E-state index contributed by atoms with van der Waals surface area (Å²) in [6.45, 7) is 7.21. The minimum absolute atomic E-state index is 0. The van der Waals surface area contributed by atoms with Crippen molar-refractivity contribution in [3.63, 3.8) is 0 Å². The van der Waals surface area contributed by atoms with E-state index in [9.17, 15) is 14.4 Å². The summed E-state index contributed by atoms with van der Waals surface area (Å²) >= 11 is 0. The number of nitrogens with one attached hydrogen (secondary N) is 1. The Hall–Kier alpha value is -1.13. The van der Waals surface area contributed by atoms with Gasteiger partial charge in [0, 0.05) is 65.3 Å². The van der Waals surface area contributed by atoms with Gasteiger partial charge in [-0.3, -0.25) is 19.3 Å². The van der Waals surface area contributed by atoms with Crippen LogP contribution in [0.15, 0.2) is 0 Å². The molecule has 0 aromatic rings. The van der Waals surface area contributed by atoms with E-state index in [0.29, 0.717) is 39.3 Å². The summed E-state index contributed by atoms with van der Waals surface area (Å²) in [7, 11) is 0. The Kier molecular flexibility index (Phi) is 11.9. The second-order valence-corrected chi connectivity index (χ2v) is 7.90. The molecule has 11 heteroatoms. The minimum atomic E-state index is -0.289. The summed E-state index contributed by atoms with van der Waals surface area (Å²) in [5.74, 6) is -0.432. The van der Waals surface area contributed by atoms with Crippen LogP contribution in [-0.4, -0.2) is 105 Å². The highest BCUT2D eigenvalue weighted by Crippen LogP contribution is 2.24. The molecule has 0 spiro atoms. The fraction of sp³-hybridized carbons (Fsp3) is 0.842. The average molecular weight is 468 g/mol. The number of carbonyl (C=O) groups is 3. The van der Waals surface area contributed by atoms with E-state index < -0.39 is 0 Å². The molecular formula is C19H35Cl2N5O4. The fourth-order valence-corrected chi connectivity index (χ4v) is 4.23. The normalized spacial score (nSPS) is 24.8. The number of morpholine rings is 1. The number of halogens is 2. The van der Waals surface area contributed by atoms with Crippen LogP contribution in [0.2, 0.25) is 0 Å². The molecule has 0 saturated carbocycles. The molecule has 174 valence electrons. The number of likely N-dealkylation sites (tertiary alicyclic amines) is 2. The fourth-order valence-electron chi connectivity index (χ4n) is 4.23. The van der Waals surface area contributed by atoms with E-state index >= 15 is 0 Å². The Morgan fingerprint density at radius 2 is 1.80 bits per heavy atom. The van der Waals surface area contributed by atoms with Crippen LogP contribution in [0.5, 0.6) is 0 Å². The molecule has 3 saturated heterocycles. The third-order valence-corrected chi connectivity index (χ3v) is 5.90. The molecule has 3 rings (SSSR count). The van der Waals surface area contributed by atoms with E-state index in [0.717, 1.165) is 45.7 Å². The minimum Gasteiger partial charge on any atom is -0.379 e. The average Bonchev–Trinajstić information content (AvgIpc) is 3.11. The van der Waals surface area contributed by atoms with Crippen LogP contribution in [-0.2, 0) is 19.1 Å². The van der Waals surface area contributed by atoms with Gasteiger partial charge in [-0.1, -0.05) is 0 Å². The molecule has 3 aliphatic heterocycles. The zero-order valence-corrected chi connectivity index (χ0v) is 19.1. The highest BCUT2D eigenvalue weighted by Gasteiger charge is 2.38. The Morgan fingerprint density at radius 1 is 1.07 bits per heavy atom. The van der Waals surface area contributed by atoms with E-state index in [4.69, 9.17) is 10.5 Å². The summed E-state index contributed by atoms with van der Waals surface area (Å²) in [5.41, 5.74) is 5.44. The van der Waals surface area contributed by atoms with Crippen LogP contribution >= 0.6 is 24.8 Å². The van der Waals surface area contributed by atoms with Crippen molar-refractivity contribution in [3.05, 3.63) is 0 Å². The molecule has 3 fully saturated rings. The third kappa shape index (κ3) is 7.23. The first-order valence-corrected chi connectivity index (χ1v) is 10.4. The van der Waals surface area contributed by atoms with Crippen LogP contribution < -0.4 is 11.1 Å². The van der Waals surface area contributed by atoms with Crippen molar-refractivity contribution in [2.75, 3.05) is 72.1 Å². The lowest BCUT2D eigenvalue weighted by Crippen LogP contribution is -2.48. The van der Waals surface area contributed by atoms with Gasteiger partial charge in [0.1, 0.15) is 0 Å². The molecule has 0 bridgehead atoms. The molecule has 0 aromatic carbocycles. The Balaban J connectivity index is 0.00000225. The summed E-state index contributed by atoms with van der Waals surface area (Å²) in [6.07, 6.45) is 1.88. The molecule has 30 heavy (non-hydrogen) atoms. The van der Waals surface area contributed by atoms with Gasteiger partial charge in [-0.2, -0.15) is 0 Å². The van der Waals surface area contributed by atoms with Crippen LogP contribution in [0.1, 0.15) is 19.3 Å². The van der Waals surface area contributed by atoms with Crippen LogP contribution in [0, 0.1) is 11.8 Å². The van der Waals surface area contributed by atoms with E-state index in [-0.39, 0.29) is 60.8 Å².